The highest BCUT2D eigenvalue weighted by Gasteiger charge is 2.11. The fourth-order valence-corrected chi connectivity index (χ4v) is 1.38. The summed E-state index contributed by atoms with van der Waals surface area (Å²) < 4.78 is 25.9. The summed E-state index contributed by atoms with van der Waals surface area (Å²) in [5.74, 6) is -1.08. The van der Waals surface area contributed by atoms with Gasteiger partial charge in [0.2, 0.25) is 0 Å². The van der Waals surface area contributed by atoms with Gasteiger partial charge in [0.1, 0.15) is 5.69 Å². The van der Waals surface area contributed by atoms with E-state index in [9.17, 15) is 13.6 Å². The summed E-state index contributed by atoms with van der Waals surface area (Å²) in [5.41, 5.74) is 0.166. The molecule has 88 valence electrons. The largest absolute Gasteiger partial charge is 0.478 e. The molecule has 1 N–H and O–H groups in total. The summed E-state index contributed by atoms with van der Waals surface area (Å²) >= 11 is 0. The van der Waals surface area contributed by atoms with E-state index in [2.05, 4.69) is 5.10 Å². The summed E-state index contributed by atoms with van der Waals surface area (Å²) in [7, 11) is 0. The van der Waals surface area contributed by atoms with Crippen LogP contribution in [0.1, 0.15) is 22.5 Å². The van der Waals surface area contributed by atoms with Gasteiger partial charge in [0.05, 0.1) is 11.3 Å². The second kappa shape index (κ2) is 4.32. The van der Waals surface area contributed by atoms with Crippen molar-refractivity contribution in [2.24, 2.45) is 0 Å². The molecule has 17 heavy (non-hydrogen) atoms. The number of alkyl halides is 2. The number of hydrogen-bond acceptors (Lipinski definition) is 2. The quantitative estimate of drug-likeness (QED) is 0.893. The topological polar surface area (TPSA) is 55.1 Å². The number of carboxylic acid groups (broad SMARTS) is 1. The number of benzene rings is 1. The van der Waals surface area contributed by atoms with Crippen molar-refractivity contribution in [3.05, 3.63) is 47.8 Å². The molecule has 0 unspecified atom stereocenters. The predicted octanol–water partition coefficient (Wildman–Crippen LogP) is 2.51. The molecule has 0 aliphatic rings. The molecule has 2 aromatic rings. The van der Waals surface area contributed by atoms with Crippen LogP contribution in [0.3, 0.4) is 0 Å². The minimum absolute atomic E-state index is 0.0802. The van der Waals surface area contributed by atoms with Crippen LogP contribution in [0, 0.1) is 0 Å². The van der Waals surface area contributed by atoms with Crippen molar-refractivity contribution >= 4 is 5.97 Å². The third-order valence-electron chi connectivity index (χ3n) is 2.19. The lowest BCUT2D eigenvalue weighted by molar-refractivity contribution is 0.0696. The van der Waals surface area contributed by atoms with Crippen molar-refractivity contribution in [2.45, 2.75) is 6.43 Å². The Balaban J connectivity index is 2.38. The Hall–Kier alpha value is -2.24. The van der Waals surface area contributed by atoms with Crippen molar-refractivity contribution < 1.29 is 18.7 Å². The number of nitrogens with zero attached hydrogens (tertiary/aromatic N) is 2. The molecule has 0 aliphatic heterocycles. The molecule has 4 nitrogen and oxygen atoms in total. The molecular weight excluding hydrogens is 230 g/mol. The molecule has 0 aliphatic carbocycles. The van der Waals surface area contributed by atoms with E-state index in [1.54, 1.807) is 6.07 Å². The van der Waals surface area contributed by atoms with Crippen LogP contribution in [0.5, 0.6) is 0 Å². The van der Waals surface area contributed by atoms with E-state index in [1.807, 2.05) is 0 Å². The highest BCUT2D eigenvalue weighted by molar-refractivity contribution is 5.88. The minimum atomic E-state index is -2.64. The van der Waals surface area contributed by atoms with Gasteiger partial charge in [-0.2, -0.15) is 5.10 Å². The van der Waals surface area contributed by atoms with Crippen LogP contribution in [0.2, 0.25) is 0 Å². The zero-order valence-corrected chi connectivity index (χ0v) is 8.55. The molecule has 1 heterocycles. The fraction of sp³-hybridized carbons (Fsp3) is 0.0909. The average Bonchev–Trinajstić information content (AvgIpc) is 2.78. The summed E-state index contributed by atoms with van der Waals surface area (Å²) in [6.07, 6.45) is -1.28. The molecule has 0 saturated heterocycles. The maximum absolute atomic E-state index is 12.3. The fourth-order valence-electron chi connectivity index (χ4n) is 1.38. The molecule has 0 amide bonds. The number of halogens is 2. The van der Waals surface area contributed by atoms with Crippen LogP contribution < -0.4 is 0 Å². The zero-order valence-electron chi connectivity index (χ0n) is 8.55. The maximum atomic E-state index is 12.3. The number of hydrogen-bond donors (Lipinski definition) is 1. The van der Waals surface area contributed by atoms with Crippen molar-refractivity contribution in [1.82, 2.24) is 9.78 Å². The first-order valence-electron chi connectivity index (χ1n) is 4.75. The van der Waals surface area contributed by atoms with Gasteiger partial charge in [-0.05, 0) is 24.3 Å². The van der Waals surface area contributed by atoms with Gasteiger partial charge in [0, 0.05) is 6.20 Å². The van der Waals surface area contributed by atoms with Gasteiger partial charge in [0.15, 0.2) is 0 Å². The van der Waals surface area contributed by atoms with Crippen LogP contribution in [0.4, 0.5) is 8.78 Å². The van der Waals surface area contributed by atoms with Gasteiger partial charge < -0.3 is 5.11 Å². The van der Waals surface area contributed by atoms with Gasteiger partial charge in [-0.3, -0.25) is 0 Å². The molecule has 0 atom stereocenters. The Bertz CT molecular complexity index is 552. The van der Waals surface area contributed by atoms with E-state index in [1.165, 1.54) is 35.1 Å². The lowest BCUT2D eigenvalue weighted by Gasteiger charge is -2.02. The Kier molecular flexibility index (Phi) is 2.86. The Labute approximate surface area is 95.1 Å². The van der Waals surface area contributed by atoms with Crippen LogP contribution in [-0.4, -0.2) is 20.9 Å². The molecule has 0 fully saturated rings. The normalized spacial score (nSPS) is 10.8. The molecule has 0 bridgehead atoms. The first kappa shape index (κ1) is 11.3. The molecule has 1 aromatic heterocycles. The third kappa shape index (κ3) is 2.30. The zero-order chi connectivity index (χ0) is 12.4. The van der Waals surface area contributed by atoms with Gasteiger partial charge in [-0.1, -0.05) is 6.07 Å². The van der Waals surface area contributed by atoms with E-state index in [4.69, 9.17) is 5.11 Å². The maximum Gasteiger partial charge on any atom is 0.335 e. The number of rotatable bonds is 3. The first-order chi connectivity index (χ1) is 8.08. The number of carbonyl (C=O) groups is 1. The van der Waals surface area contributed by atoms with Crippen molar-refractivity contribution in [2.75, 3.05) is 0 Å². The van der Waals surface area contributed by atoms with Crippen LogP contribution in [0.25, 0.3) is 5.69 Å². The van der Waals surface area contributed by atoms with E-state index in [0.717, 1.165) is 0 Å². The van der Waals surface area contributed by atoms with E-state index >= 15 is 0 Å². The molecule has 0 radical (unpaired) electrons. The number of aromatic carboxylic acids is 1. The van der Waals surface area contributed by atoms with Gasteiger partial charge in [-0.25, -0.2) is 18.3 Å². The third-order valence-corrected chi connectivity index (χ3v) is 2.19. The molecular formula is C11H8F2N2O2. The first-order valence-corrected chi connectivity index (χ1v) is 4.75. The molecule has 6 heteroatoms. The molecule has 1 aromatic carbocycles. The van der Waals surface area contributed by atoms with Gasteiger partial charge >= 0.3 is 5.97 Å². The van der Waals surface area contributed by atoms with E-state index < -0.39 is 12.4 Å². The second-order valence-corrected chi connectivity index (χ2v) is 3.34. The highest BCUT2D eigenvalue weighted by Crippen LogP contribution is 2.18. The Morgan fingerprint density at radius 3 is 2.71 bits per heavy atom. The standard InChI is InChI=1S/C11H8F2N2O2/c12-10(13)9-4-5-15(14-9)8-3-1-2-7(6-8)11(16)17/h1-6,10H,(H,16,17). The van der Waals surface area contributed by atoms with Crippen LogP contribution in [0.15, 0.2) is 36.5 Å². The number of carboxylic acids is 1. The van der Waals surface area contributed by atoms with Crippen LogP contribution in [-0.2, 0) is 0 Å². The lowest BCUT2D eigenvalue weighted by Crippen LogP contribution is -2.00. The van der Waals surface area contributed by atoms with Crippen molar-refractivity contribution in [3.63, 3.8) is 0 Å². The summed E-state index contributed by atoms with van der Waals surface area (Å²) in [6, 6.07) is 7.10. The second-order valence-electron chi connectivity index (χ2n) is 3.34. The SMILES string of the molecule is O=C(O)c1cccc(-n2ccc(C(F)F)n2)c1. The molecule has 0 spiro atoms. The van der Waals surface area contributed by atoms with E-state index in [-0.39, 0.29) is 11.3 Å². The molecule has 0 saturated carbocycles. The smallest absolute Gasteiger partial charge is 0.335 e. The minimum Gasteiger partial charge on any atom is -0.478 e. The molecule has 2 rings (SSSR count). The summed E-state index contributed by atoms with van der Waals surface area (Å²) in [4.78, 5) is 10.7. The summed E-state index contributed by atoms with van der Waals surface area (Å²) in [6.45, 7) is 0. The lowest BCUT2D eigenvalue weighted by atomic mass is 10.2. The highest BCUT2D eigenvalue weighted by atomic mass is 19.3. The van der Waals surface area contributed by atoms with Gasteiger partial charge in [-0.15, -0.1) is 0 Å². The number of aromatic nitrogens is 2. The van der Waals surface area contributed by atoms with Crippen LogP contribution >= 0.6 is 0 Å². The summed E-state index contributed by atoms with van der Waals surface area (Å²) in [5, 5.41) is 12.5. The van der Waals surface area contributed by atoms with Crippen molar-refractivity contribution in [1.29, 1.82) is 0 Å². The van der Waals surface area contributed by atoms with E-state index in [0.29, 0.717) is 5.69 Å². The predicted molar refractivity (Wildman–Crippen MR) is 55.5 cm³/mol. The Morgan fingerprint density at radius 1 is 1.35 bits per heavy atom. The Morgan fingerprint density at radius 2 is 2.12 bits per heavy atom. The average molecular weight is 238 g/mol. The van der Waals surface area contributed by atoms with Gasteiger partial charge in [0.25, 0.3) is 6.43 Å². The van der Waals surface area contributed by atoms with Crippen molar-refractivity contribution in [3.8, 4) is 5.69 Å². The monoisotopic (exact) mass is 238 g/mol.